The average molecular weight is 242 g/mol. The Morgan fingerprint density at radius 2 is 2.11 bits per heavy atom. The first-order chi connectivity index (χ1) is 8.48. The molecule has 1 aromatic carbocycles. The molecule has 1 aliphatic rings. The molecule has 2 rings (SSSR count). The summed E-state index contributed by atoms with van der Waals surface area (Å²) in [6, 6.07) is 5.13. The molecule has 1 atom stereocenters. The molecule has 1 unspecified atom stereocenters. The third-order valence-corrected chi connectivity index (χ3v) is 2.77. The van der Waals surface area contributed by atoms with Gasteiger partial charge < -0.3 is 9.84 Å². The van der Waals surface area contributed by atoms with Crippen molar-refractivity contribution in [2.45, 2.75) is 26.4 Å². The van der Waals surface area contributed by atoms with Crippen molar-refractivity contribution in [1.82, 2.24) is 0 Å². The van der Waals surface area contributed by atoms with E-state index in [1.165, 1.54) is 5.57 Å². The molecule has 0 amide bonds. The van der Waals surface area contributed by atoms with Crippen LogP contribution in [0.2, 0.25) is 0 Å². The number of ether oxygens (including phenoxy) is 1. The Kier molecular flexibility index (Phi) is 3.28. The van der Waals surface area contributed by atoms with Gasteiger partial charge in [-0.05, 0) is 51.1 Å². The van der Waals surface area contributed by atoms with Crippen molar-refractivity contribution in [3.63, 3.8) is 0 Å². The average Bonchev–Trinajstić information content (AvgIpc) is 2.29. The molecule has 0 bridgehead atoms. The Labute approximate surface area is 108 Å². The minimum Gasteiger partial charge on any atom is -0.508 e. The van der Waals surface area contributed by atoms with Gasteiger partial charge in [0, 0.05) is 5.56 Å². The van der Waals surface area contributed by atoms with E-state index in [1.807, 2.05) is 31.2 Å². The van der Waals surface area contributed by atoms with Crippen molar-refractivity contribution >= 4 is 6.08 Å². The molecule has 2 heteroatoms. The number of phenolic OH excluding ortho intramolecular Hbond substituents is 1. The Hall–Kier alpha value is -1.96. The van der Waals surface area contributed by atoms with Gasteiger partial charge in [0.15, 0.2) is 0 Å². The summed E-state index contributed by atoms with van der Waals surface area (Å²) in [5, 5.41) is 9.41. The van der Waals surface area contributed by atoms with Crippen LogP contribution >= 0.6 is 0 Å². The zero-order chi connectivity index (χ0) is 13.2. The minimum absolute atomic E-state index is 0.255. The molecule has 18 heavy (non-hydrogen) atoms. The summed E-state index contributed by atoms with van der Waals surface area (Å²) in [5.41, 5.74) is 1.72. The summed E-state index contributed by atoms with van der Waals surface area (Å²) in [7, 11) is 0. The number of aromatic hydroxyl groups is 1. The molecule has 0 aliphatic carbocycles. The first-order valence-corrected chi connectivity index (χ1v) is 6.02. The van der Waals surface area contributed by atoms with Crippen molar-refractivity contribution in [3.05, 3.63) is 53.6 Å². The molecular weight excluding hydrogens is 224 g/mol. The Bertz CT molecular complexity index is 534. The van der Waals surface area contributed by atoms with Crippen LogP contribution in [0.3, 0.4) is 0 Å². The maximum absolute atomic E-state index is 9.41. The highest BCUT2D eigenvalue weighted by atomic mass is 16.5. The molecule has 0 spiro atoms. The normalized spacial score (nSPS) is 21.5. The molecule has 0 fully saturated rings. The van der Waals surface area contributed by atoms with E-state index < -0.39 is 5.60 Å². The van der Waals surface area contributed by atoms with Gasteiger partial charge in [0.25, 0.3) is 0 Å². The highest BCUT2D eigenvalue weighted by Gasteiger charge is 2.24. The lowest BCUT2D eigenvalue weighted by Crippen LogP contribution is -2.29. The van der Waals surface area contributed by atoms with Crippen LogP contribution in [0.4, 0.5) is 0 Å². The molecule has 1 heterocycles. The number of phenols is 1. The molecule has 2 nitrogen and oxygen atoms in total. The SMILES string of the molecule is CC(C)=C/C=C/C1(C)C=Cc2cc(O)ccc2O1. The number of hydrogen-bond acceptors (Lipinski definition) is 2. The number of hydrogen-bond donors (Lipinski definition) is 1. The highest BCUT2D eigenvalue weighted by molar-refractivity contribution is 5.63. The molecule has 1 aliphatic heterocycles. The fraction of sp³-hybridized carbons (Fsp3) is 0.250. The van der Waals surface area contributed by atoms with E-state index in [1.54, 1.807) is 18.2 Å². The number of rotatable bonds is 2. The van der Waals surface area contributed by atoms with E-state index >= 15 is 0 Å². The van der Waals surface area contributed by atoms with Crippen molar-refractivity contribution in [1.29, 1.82) is 0 Å². The maximum atomic E-state index is 9.41. The summed E-state index contributed by atoms with van der Waals surface area (Å²) < 4.78 is 5.94. The third-order valence-electron chi connectivity index (χ3n) is 2.77. The van der Waals surface area contributed by atoms with Crippen LogP contribution in [0.1, 0.15) is 26.3 Å². The van der Waals surface area contributed by atoms with E-state index in [0.717, 1.165) is 11.3 Å². The Morgan fingerprint density at radius 1 is 1.33 bits per heavy atom. The van der Waals surface area contributed by atoms with Crippen molar-refractivity contribution < 1.29 is 9.84 Å². The summed E-state index contributed by atoms with van der Waals surface area (Å²) in [6.45, 7) is 6.12. The van der Waals surface area contributed by atoms with Crippen LogP contribution in [0.25, 0.3) is 6.08 Å². The number of fused-ring (bicyclic) bond motifs is 1. The molecule has 1 aromatic rings. The van der Waals surface area contributed by atoms with Crippen LogP contribution in [0, 0.1) is 0 Å². The Morgan fingerprint density at radius 3 is 2.83 bits per heavy atom. The second-order valence-corrected chi connectivity index (χ2v) is 4.94. The lowest BCUT2D eigenvalue weighted by molar-refractivity contribution is 0.189. The third kappa shape index (κ3) is 2.83. The topological polar surface area (TPSA) is 29.5 Å². The van der Waals surface area contributed by atoms with Crippen LogP contribution in [-0.4, -0.2) is 10.7 Å². The monoisotopic (exact) mass is 242 g/mol. The van der Waals surface area contributed by atoms with Gasteiger partial charge in [-0.2, -0.15) is 0 Å². The van der Waals surface area contributed by atoms with E-state index in [0.29, 0.717) is 0 Å². The van der Waals surface area contributed by atoms with Gasteiger partial charge in [-0.3, -0.25) is 0 Å². The molecule has 0 saturated carbocycles. The van der Waals surface area contributed by atoms with E-state index in [9.17, 15) is 5.11 Å². The quantitative estimate of drug-likeness (QED) is 0.792. The molecule has 0 aromatic heterocycles. The molecule has 0 radical (unpaired) electrons. The largest absolute Gasteiger partial charge is 0.508 e. The fourth-order valence-corrected chi connectivity index (χ4v) is 1.81. The number of allylic oxidation sites excluding steroid dienone is 3. The van der Waals surface area contributed by atoms with Crippen LogP contribution in [0.15, 0.2) is 48.1 Å². The highest BCUT2D eigenvalue weighted by Crippen LogP contribution is 2.33. The van der Waals surface area contributed by atoms with Crippen LogP contribution in [0.5, 0.6) is 11.5 Å². The van der Waals surface area contributed by atoms with E-state index in [-0.39, 0.29) is 5.75 Å². The Balaban J connectivity index is 2.24. The van der Waals surface area contributed by atoms with Crippen molar-refractivity contribution in [2.24, 2.45) is 0 Å². The lowest BCUT2D eigenvalue weighted by atomic mass is 9.99. The maximum Gasteiger partial charge on any atom is 0.143 e. The lowest BCUT2D eigenvalue weighted by Gasteiger charge is -2.28. The molecule has 94 valence electrons. The van der Waals surface area contributed by atoms with Crippen molar-refractivity contribution in [3.8, 4) is 11.5 Å². The van der Waals surface area contributed by atoms with Gasteiger partial charge in [-0.1, -0.05) is 23.8 Å². The second-order valence-electron chi connectivity index (χ2n) is 4.94. The van der Waals surface area contributed by atoms with Gasteiger partial charge in [-0.15, -0.1) is 0 Å². The van der Waals surface area contributed by atoms with Gasteiger partial charge >= 0.3 is 0 Å². The summed E-state index contributed by atoms with van der Waals surface area (Å²) >= 11 is 0. The first kappa shape index (κ1) is 12.5. The standard InChI is InChI=1S/C16H18O2/c1-12(2)5-4-9-16(3)10-8-13-11-14(17)6-7-15(13)18-16/h4-11,17H,1-3H3/b9-4+. The number of benzene rings is 1. The molecule has 1 N–H and O–H groups in total. The predicted molar refractivity (Wildman–Crippen MR) is 74.7 cm³/mol. The van der Waals surface area contributed by atoms with E-state index in [4.69, 9.17) is 4.74 Å². The first-order valence-electron chi connectivity index (χ1n) is 6.02. The van der Waals surface area contributed by atoms with Gasteiger partial charge in [0.1, 0.15) is 17.1 Å². The van der Waals surface area contributed by atoms with Crippen LogP contribution in [-0.2, 0) is 0 Å². The minimum atomic E-state index is -0.435. The molecular formula is C16H18O2. The van der Waals surface area contributed by atoms with Crippen LogP contribution < -0.4 is 4.74 Å². The summed E-state index contributed by atoms with van der Waals surface area (Å²) in [5.74, 6) is 1.05. The zero-order valence-electron chi connectivity index (χ0n) is 11.0. The predicted octanol–water partition coefficient (Wildman–Crippen LogP) is 4.08. The summed E-state index contributed by atoms with van der Waals surface area (Å²) in [6.07, 6.45) is 10.0. The fourth-order valence-electron chi connectivity index (χ4n) is 1.81. The smallest absolute Gasteiger partial charge is 0.143 e. The van der Waals surface area contributed by atoms with Gasteiger partial charge in [0.05, 0.1) is 0 Å². The van der Waals surface area contributed by atoms with Crippen molar-refractivity contribution in [2.75, 3.05) is 0 Å². The van der Waals surface area contributed by atoms with Gasteiger partial charge in [-0.25, -0.2) is 0 Å². The summed E-state index contributed by atoms with van der Waals surface area (Å²) in [4.78, 5) is 0. The van der Waals surface area contributed by atoms with E-state index in [2.05, 4.69) is 19.9 Å². The zero-order valence-corrected chi connectivity index (χ0v) is 11.0. The second kappa shape index (κ2) is 4.73. The van der Waals surface area contributed by atoms with Gasteiger partial charge in [0.2, 0.25) is 0 Å². The molecule has 0 saturated heterocycles.